The summed E-state index contributed by atoms with van der Waals surface area (Å²) in [5, 5.41) is 2.38. The summed E-state index contributed by atoms with van der Waals surface area (Å²) in [6.45, 7) is 13.4. The zero-order chi connectivity index (χ0) is 31.9. The lowest BCUT2D eigenvalue weighted by molar-refractivity contribution is -0.261. The lowest BCUT2D eigenvalue weighted by Crippen LogP contribution is -2.66. The summed E-state index contributed by atoms with van der Waals surface area (Å²) in [6, 6.07) is 29.1. The largest absolute Gasteiger partial charge is 0.497 e. The van der Waals surface area contributed by atoms with Gasteiger partial charge in [-0.05, 0) is 56.6 Å². The summed E-state index contributed by atoms with van der Waals surface area (Å²) in [5.74, 6) is 0.808. The van der Waals surface area contributed by atoms with Gasteiger partial charge in [-0.25, -0.2) is 0 Å². The van der Waals surface area contributed by atoms with Crippen LogP contribution in [0.3, 0.4) is 0 Å². The molecular weight excluding hydrogens is 679 g/mol. The summed E-state index contributed by atoms with van der Waals surface area (Å²) in [5.41, 5.74) is 2.69. The van der Waals surface area contributed by atoms with Crippen LogP contribution in [0.1, 0.15) is 59.8 Å². The number of benzene rings is 3. The Kier molecular flexibility index (Phi) is 11.8. The first-order valence-electron chi connectivity index (χ1n) is 15.2. The van der Waals surface area contributed by atoms with Crippen molar-refractivity contribution < 1.29 is 23.4 Å². The van der Waals surface area contributed by atoms with Crippen molar-refractivity contribution in [1.29, 1.82) is 0 Å². The van der Waals surface area contributed by atoms with Crippen LogP contribution in [-0.2, 0) is 18.7 Å². The molecule has 0 aromatic heterocycles. The van der Waals surface area contributed by atoms with E-state index in [4.69, 9.17) is 18.6 Å². The maximum atomic E-state index is 13.0. The average molecular weight is 725 g/mol. The Bertz CT molecular complexity index is 1390. The first-order valence-corrected chi connectivity index (χ1v) is 18.3. The van der Waals surface area contributed by atoms with Gasteiger partial charge in [0.1, 0.15) is 5.75 Å². The SMILES string of the molecule is COc1ccc(C2O[C@H](CC(=O)/C(C)=C/I)[C@H](C)[C@H](/C(C)=C/CO[Si](c3ccccc3)(c3ccccc3)C(C)(C)C)O2)cc1. The van der Waals surface area contributed by atoms with Crippen molar-refractivity contribution in [3.8, 4) is 5.75 Å². The van der Waals surface area contributed by atoms with Crippen molar-refractivity contribution in [2.24, 2.45) is 5.92 Å². The molecule has 0 N–H and O–H groups in total. The van der Waals surface area contributed by atoms with Crippen LogP contribution in [0.2, 0.25) is 5.04 Å². The van der Waals surface area contributed by atoms with E-state index < -0.39 is 14.6 Å². The summed E-state index contributed by atoms with van der Waals surface area (Å²) < 4.78 is 27.4. The van der Waals surface area contributed by atoms with E-state index in [0.29, 0.717) is 13.0 Å². The highest BCUT2D eigenvalue weighted by Gasteiger charge is 2.50. The number of hydrogen-bond donors (Lipinski definition) is 0. The van der Waals surface area contributed by atoms with Crippen molar-refractivity contribution in [3.05, 3.63) is 112 Å². The van der Waals surface area contributed by atoms with E-state index in [1.165, 1.54) is 10.4 Å². The molecule has 0 saturated carbocycles. The van der Waals surface area contributed by atoms with Gasteiger partial charge in [0.2, 0.25) is 0 Å². The second-order valence-corrected chi connectivity index (χ2v) is 17.5. The van der Waals surface area contributed by atoms with E-state index in [0.717, 1.165) is 22.5 Å². The summed E-state index contributed by atoms with van der Waals surface area (Å²) >= 11 is 2.12. The van der Waals surface area contributed by atoms with Crippen LogP contribution >= 0.6 is 22.6 Å². The van der Waals surface area contributed by atoms with Crippen molar-refractivity contribution in [3.63, 3.8) is 0 Å². The van der Waals surface area contributed by atoms with Crippen LogP contribution in [0.4, 0.5) is 0 Å². The zero-order valence-electron chi connectivity index (χ0n) is 26.9. The first-order chi connectivity index (χ1) is 21.0. The molecule has 44 heavy (non-hydrogen) atoms. The molecule has 4 rings (SSSR count). The number of allylic oxidation sites excluding steroid dienone is 1. The number of halogens is 1. The molecule has 1 unspecified atom stereocenters. The second kappa shape index (κ2) is 15.1. The number of ether oxygens (including phenoxy) is 3. The van der Waals surface area contributed by atoms with Crippen LogP contribution in [0.15, 0.2) is 106 Å². The molecule has 0 amide bonds. The number of ketones is 1. The predicted molar refractivity (Wildman–Crippen MR) is 189 cm³/mol. The average Bonchev–Trinajstić information content (AvgIpc) is 3.03. The summed E-state index contributed by atoms with van der Waals surface area (Å²) in [4.78, 5) is 13.0. The number of rotatable bonds is 11. The standard InChI is InChI=1S/C37H45IO5Si/c1-26(22-23-41-44(37(4,5)6,31-14-10-8-11-15-31)32-16-12-9-13-17-32)35-28(3)34(24-33(39)27(2)25-38)42-36(43-35)29-18-20-30(40-7)21-19-29/h8-22,25,28,34-36H,23-24H2,1-7H3/b26-22+,27-25+/t28-,34+,35-,36?/m0/s1. The molecule has 1 fully saturated rings. The molecule has 0 radical (unpaired) electrons. The fourth-order valence-corrected chi connectivity index (χ4v) is 10.9. The van der Waals surface area contributed by atoms with E-state index in [9.17, 15) is 4.79 Å². The van der Waals surface area contributed by atoms with Crippen LogP contribution in [0.25, 0.3) is 0 Å². The molecule has 3 aromatic carbocycles. The Hall–Kier alpha value is -2.56. The van der Waals surface area contributed by atoms with Crippen molar-refractivity contribution in [1.82, 2.24) is 0 Å². The van der Waals surface area contributed by atoms with Gasteiger partial charge in [0, 0.05) is 17.9 Å². The Balaban J connectivity index is 1.65. The normalized spacial score (nSPS) is 21.6. The second-order valence-electron chi connectivity index (χ2n) is 12.5. The van der Waals surface area contributed by atoms with E-state index >= 15 is 0 Å². The lowest BCUT2D eigenvalue weighted by atomic mass is 9.88. The smallest absolute Gasteiger partial charge is 0.261 e. The van der Waals surface area contributed by atoms with Gasteiger partial charge in [-0.3, -0.25) is 4.79 Å². The van der Waals surface area contributed by atoms with Gasteiger partial charge < -0.3 is 18.6 Å². The topological polar surface area (TPSA) is 54.0 Å². The van der Waals surface area contributed by atoms with E-state index in [-0.39, 0.29) is 28.9 Å². The molecule has 4 atom stereocenters. The molecule has 7 heteroatoms. The van der Waals surface area contributed by atoms with Crippen LogP contribution in [0.5, 0.6) is 5.75 Å². The van der Waals surface area contributed by atoms with Crippen molar-refractivity contribution in [2.75, 3.05) is 13.7 Å². The number of hydrogen-bond acceptors (Lipinski definition) is 5. The van der Waals surface area contributed by atoms with Gasteiger partial charge in [0.05, 0.1) is 25.9 Å². The van der Waals surface area contributed by atoms with Gasteiger partial charge in [-0.15, -0.1) is 0 Å². The Morgan fingerprint density at radius 2 is 1.48 bits per heavy atom. The van der Waals surface area contributed by atoms with Crippen LogP contribution < -0.4 is 15.1 Å². The first kappa shape index (κ1) is 34.3. The molecule has 3 aromatic rings. The number of methoxy groups -OCH3 is 1. The third-order valence-electron chi connectivity index (χ3n) is 8.58. The minimum absolute atomic E-state index is 0.0421. The zero-order valence-corrected chi connectivity index (χ0v) is 30.0. The van der Waals surface area contributed by atoms with Gasteiger partial charge >= 0.3 is 0 Å². The van der Waals surface area contributed by atoms with E-state index in [2.05, 4.69) is 124 Å². The quantitative estimate of drug-likeness (QED) is 0.0871. The maximum absolute atomic E-state index is 13.0. The monoisotopic (exact) mass is 724 g/mol. The molecule has 0 spiro atoms. The third-order valence-corrected chi connectivity index (χ3v) is 14.5. The number of Topliss-reactive ketones (excluding diaryl/α,β-unsaturated/α-hetero) is 1. The molecule has 1 aliphatic rings. The minimum atomic E-state index is -2.68. The maximum Gasteiger partial charge on any atom is 0.261 e. The highest BCUT2D eigenvalue weighted by atomic mass is 127. The molecule has 234 valence electrons. The van der Waals surface area contributed by atoms with Crippen LogP contribution in [-0.4, -0.2) is 40.0 Å². The summed E-state index contributed by atoms with van der Waals surface area (Å²) in [7, 11) is -1.04. The molecule has 1 saturated heterocycles. The molecule has 5 nitrogen and oxygen atoms in total. The fourth-order valence-electron chi connectivity index (χ4n) is 6.02. The van der Waals surface area contributed by atoms with E-state index in [1.54, 1.807) is 7.11 Å². The minimum Gasteiger partial charge on any atom is -0.497 e. The summed E-state index contributed by atoms with van der Waals surface area (Å²) in [6.07, 6.45) is 1.29. The molecule has 0 aliphatic carbocycles. The highest BCUT2D eigenvalue weighted by molar-refractivity contribution is 14.1. The molecule has 0 bridgehead atoms. The molecule has 1 heterocycles. The molecule has 1 aliphatic heterocycles. The molecular formula is C37H45IO5Si. The fraction of sp³-hybridized carbons (Fsp3) is 0.378. The predicted octanol–water partition coefficient (Wildman–Crippen LogP) is 7.93. The van der Waals surface area contributed by atoms with Crippen molar-refractivity contribution >= 4 is 47.1 Å². The number of carbonyl (C=O) groups excluding carboxylic acids is 1. The Morgan fingerprint density at radius 3 is 1.98 bits per heavy atom. The van der Waals surface area contributed by atoms with Crippen LogP contribution in [0, 0.1) is 5.92 Å². The lowest BCUT2D eigenvalue weighted by Gasteiger charge is -2.43. The Morgan fingerprint density at radius 1 is 0.909 bits per heavy atom. The van der Waals surface area contributed by atoms with E-state index in [1.807, 2.05) is 35.3 Å². The van der Waals surface area contributed by atoms with Gasteiger partial charge in [0.15, 0.2) is 12.1 Å². The van der Waals surface area contributed by atoms with Crippen molar-refractivity contribution in [2.45, 2.75) is 71.5 Å². The Labute approximate surface area is 277 Å². The third kappa shape index (κ3) is 7.62. The highest BCUT2D eigenvalue weighted by Crippen LogP contribution is 2.39. The number of carbonyl (C=O) groups is 1. The van der Waals surface area contributed by atoms with Gasteiger partial charge in [0.25, 0.3) is 8.32 Å². The van der Waals surface area contributed by atoms with Gasteiger partial charge in [-0.2, -0.15) is 0 Å². The van der Waals surface area contributed by atoms with Gasteiger partial charge in [-0.1, -0.05) is 129 Å².